The van der Waals surface area contributed by atoms with Crippen LogP contribution < -0.4 is 0 Å². The minimum absolute atomic E-state index is 0.884. The lowest BCUT2D eigenvalue weighted by molar-refractivity contribution is 0.625. The van der Waals surface area contributed by atoms with Gasteiger partial charge < -0.3 is 0 Å². The third-order valence-corrected chi connectivity index (χ3v) is 0.816. The van der Waals surface area contributed by atoms with E-state index in [1.807, 2.05) is 0 Å². The fourth-order valence-corrected chi connectivity index (χ4v) is 0. The van der Waals surface area contributed by atoms with Gasteiger partial charge in [-0.15, -0.1) is 0 Å². The zero-order chi connectivity index (χ0) is 8.78. The molecule has 0 rings (SSSR count). The van der Waals surface area contributed by atoms with Crippen LogP contribution in [0.1, 0.15) is 27.2 Å². The van der Waals surface area contributed by atoms with Crippen molar-refractivity contribution in [3.8, 4) is 0 Å². The molecule has 64 valence electrons. The topological polar surface area (TPSA) is 34.1 Å². The van der Waals surface area contributed by atoms with Crippen LogP contribution in [0.15, 0.2) is 0 Å². The molecule has 0 bridgehead atoms. The van der Waals surface area contributed by atoms with Crippen LogP contribution in [0, 0.1) is 5.92 Å². The van der Waals surface area contributed by atoms with Gasteiger partial charge in [0.1, 0.15) is 0 Å². The average molecular weight is 296 g/mol. The van der Waals surface area contributed by atoms with E-state index in [1.165, 1.54) is 6.42 Å². The van der Waals surface area contributed by atoms with Crippen LogP contribution in [-0.2, 0) is 6.70 Å². The first kappa shape index (κ1) is 13.5. The van der Waals surface area contributed by atoms with Gasteiger partial charge in [-0.2, -0.15) is 0 Å². The lowest BCUT2D eigenvalue weighted by Gasteiger charge is -1.90. The lowest BCUT2D eigenvalue weighted by Crippen LogP contribution is -1.77. The molecule has 0 fully saturated rings. The Morgan fingerprint density at radius 3 is 1.40 bits per heavy atom. The summed E-state index contributed by atoms with van der Waals surface area (Å²) in [5.74, 6) is 0.884. The SMILES string of the molecule is CCC(C)C.O=S(=O)(Br)Br. The van der Waals surface area contributed by atoms with Crippen molar-refractivity contribution < 1.29 is 8.42 Å². The number of hydrogen-bond donors (Lipinski definition) is 0. The van der Waals surface area contributed by atoms with Crippen LogP contribution in [0.4, 0.5) is 0 Å². The number of hydrogen-bond acceptors (Lipinski definition) is 2. The van der Waals surface area contributed by atoms with Crippen molar-refractivity contribution in [2.45, 2.75) is 27.2 Å². The quantitative estimate of drug-likeness (QED) is 0.697. The second-order valence-corrected chi connectivity index (χ2v) is 10.7. The maximum atomic E-state index is 9.47. The molecule has 0 aromatic carbocycles. The molecule has 0 aliphatic rings. The highest BCUT2D eigenvalue weighted by Crippen LogP contribution is 2.06. The Labute approximate surface area is 77.7 Å². The first-order valence-electron chi connectivity index (χ1n) is 2.91. The molecule has 0 saturated carbocycles. The standard InChI is InChI=1S/C5H12.Br2O2S/c1-4-5(2)3;1-5(2,3)4/h5H,4H2,1-3H3;. The molecular formula is C5H12Br2O2S. The van der Waals surface area contributed by atoms with Crippen LogP contribution >= 0.6 is 29.6 Å². The Bertz CT molecular complexity index is 143. The smallest absolute Gasteiger partial charge is 0.205 e. The summed E-state index contributed by atoms with van der Waals surface area (Å²) in [6, 6.07) is 0. The van der Waals surface area contributed by atoms with Gasteiger partial charge in [-0.25, -0.2) is 8.42 Å². The molecule has 0 radical (unpaired) electrons. The third-order valence-electron chi connectivity index (χ3n) is 0.816. The molecule has 0 unspecified atom stereocenters. The fraction of sp³-hybridized carbons (Fsp3) is 1.00. The van der Waals surface area contributed by atoms with Gasteiger partial charge in [0.25, 0.3) is 6.70 Å². The summed E-state index contributed by atoms with van der Waals surface area (Å²) in [7, 11) is 0. The Balaban J connectivity index is 0. The zero-order valence-corrected chi connectivity index (χ0v) is 10.3. The van der Waals surface area contributed by atoms with Crippen molar-refractivity contribution in [1.82, 2.24) is 0 Å². The van der Waals surface area contributed by atoms with E-state index in [0.717, 1.165) is 5.92 Å². The minimum Gasteiger partial charge on any atom is -0.205 e. The molecule has 0 aromatic rings. The third kappa shape index (κ3) is 65.8. The van der Waals surface area contributed by atoms with Gasteiger partial charge in [-0.3, -0.25) is 0 Å². The summed E-state index contributed by atoms with van der Waals surface area (Å²) in [5.41, 5.74) is 0. The highest BCUT2D eigenvalue weighted by atomic mass is 79.9. The van der Waals surface area contributed by atoms with E-state index in [4.69, 9.17) is 0 Å². The zero-order valence-electron chi connectivity index (χ0n) is 6.27. The number of rotatable bonds is 1. The van der Waals surface area contributed by atoms with Crippen LogP contribution in [-0.4, -0.2) is 8.42 Å². The molecule has 0 aliphatic heterocycles. The van der Waals surface area contributed by atoms with Crippen molar-refractivity contribution in [2.24, 2.45) is 5.92 Å². The van der Waals surface area contributed by atoms with Crippen LogP contribution in [0.2, 0.25) is 0 Å². The Morgan fingerprint density at radius 1 is 1.30 bits per heavy atom. The molecule has 0 amide bonds. The monoisotopic (exact) mass is 294 g/mol. The highest BCUT2D eigenvalue weighted by molar-refractivity contribution is 9.79. The summed E-state index contributed by atoms with van der Waals surface area (Å²) in [6.45, 7) is 3.60. The second kappa shape index (κ2) is 6.61. The van der Waals surface area contributed by atoms with E-state index in [-0.39, 0.29) is 0 Å². The molecule has 5 heteroatoms. The average Bonchev–Trinajstić information content (AvgIpc) is 1.61. The van der Waals surface area contributed by atoms with Gasteiger partial charge in [0, 0.05) is 0 Å². The maximum absolute atomic E-state index is 9.47. The van der Waals surface area contributed by atoms with Gasteiger partial charge in [0.2, 0.25) is 0 Å². The lowest BCUT2D eigenvalue weighted by atomic mass is 10.2. The predicted octanol–water partition coefficient (Wildman–Crippen LogP) is 3.07. The minimum atomic E-state index is -3.04. The van der Waals surface area contributed by atoms with Crippen LogP contribution in [0.25, 0.3) is 0 Å². The largest absolute Gasteiger partial charge is 0.268 e. The molecular weight excluding hydrogens is 284 g/mol. The first-order chi connectivity index (χ1) is 4.27. The van der Waals surface area contributed by atoms with Crippen molar-refractivity contribution in [2.75, 3.05) is 0 Å². The van der Waals surface area contributed by atoms with E-state index in [1.54, 1.807) is 0 Å². The van der Waals surface area contributed by atoms with Crippen molar-refractivity contribution in [3.05, 3.63) is 0 Å². The Kier molecular flexibility index (Phi) is 8.92. The summed E-state index contributed by atoms with van der Waals surface area (Å²) < 4.78 is 18.9. The summed E-state index contributed by atoms with van der Waals surface area (Å²) in [4.78, 5) is 0. The van der Waals surface area contributed by atoms with Gasteiger partial charge in [0.05, 0.1) is 29.6 Å². The van der Waals surface area contributed by atoms with E-state index in [0.29, 0.717) is 0 Å². The van der Waals surface area contributed by atoms with Crippen LogP contribution in [0.3, 0.4) is 0 Å². The van der Waals surface area contributed by atoms with Gasteiger partial charge in [-0.05, 0) is 5.92 Å². The van der Waals surface area contributed by atoms with E-state index in [9.17, 15) is 8.42 Å². The van der Waals surface area contributed by atoms with Crippen LogP contribution in [0.5, 0.6) is 0 Å². The molecule has 2 nitrogen and oxygen atoms in total. The molecule has 0 aromatic heterocycles. The molecule has 0 aliphatic carbocycles. The molecule has 0 saturated heterocycles. The maximum Gasteiger partial charge on any atom is 0.268 e. The van der Waals surface area contributed by atoms with Crippen molar-refractivity contribution in [1.29, 1.82) is 0 Å². The molecule has 0 atom stereocenters. The molecule has 10 heavy (non-hydrogen) atoms. The fourth-order valence-electron chi connectivity index (χ4n) is 0. The van der Waals surface area contributed by atoms with Crippen molar-refractivity contribution >= 4 is 36.3 Å². The van der Waals surface area contributed by atoms with E-state index >= 15 is 0 Å². The molecule has 0 spiro atoms. The summed E-state index contributed by atoms with van der Waals surface area (Å²) >= 11 is 4.53. The van der Waals surface area contributed by atoms with E-state index < -0.39 is 6.70 Å². The van der Waals surface area contributed by atoms with Gasteiger partial charge in [-0.1, -0.05) is 27.2 Å². The second-order valence-electron chi connectivity index (χ2n) is 2.18. The molecule has 0 N–H and O–H groups in total. The highest BCUT2D eigenvalue weighted by Gasteiger charge is 1.87. The number of halogens is 2. The Hall–Kier alpha value is 0.910. The molecule has 0 heterocycles. The first-order valence-corrected chi connectivity index (χ1v) is 8.08. The summed E-state index contributed by atoms with van der Waals surface area (Å²) in [6.07, 6.45) is 1.31. The van der Waals surface area contributed by atoms with Gasteiger partial charge >= 0.3 is 0 Å². The van der Waals surface area contributed by atoms with Gasteiger partial charge in [0.15, 0.2) is 0 Å². The normalized spacial score (nSPS) is 10.6. The predicted molar refractivity (Wildman–Crippen MR) is 51.9 cm³/mol. The Morgan fingerprint density at radius 2 is 1.40 bits per heavy atom. The van der Waals surface area contributed by atoms with Crippen molar-refractivity contribution in [3.63, 3.8) is 0 Å². The van der Waals surface area contributed by atoms with E-state index in [2.05, 4.69) is 50.4 Å². The summed E-state index contributed by atoms with van der Waals surface area (Å²) in [5, 5.41) is 0.